The molecule has 7 nitrogen and oxygen atoms in total. The fourth-order valence-corrected chi connectivity index (χ4v) is 2.84. The lowest BCUT2D eigenvalue weighted by Crippen LogP contribution is -2.18. The molecule has 0 unspecified atom stereocenters. The van der Waals surface area contributed by atoms with Crippen molar-refractivity contribution < 1.29 is 17.8 Å². The molecule has 0 fully saturated rings. The Morgan fingerprint density at radius 2 is 1.78 bits per heavy atom. The van der Waals surface area contributed by atoms with E-state index in [-0.39, 0.29) is 10.5 Å². The molecule has 0 saturated carbocycles. The molecular weight excluding hydrogens is 434 g/mol. The van der Waals surface area contributed by atoms with Crippen molar-refractivity contribution in [2.75, 3.05) is 11.9 Å². The van der Waals surface area contributed by atoms with Crippen LogP contribution in [0.4, 0.5) is 5.69 Å². The molecule has 0 atom stereocenters. The molecule has 27 heavy (non-hydrogen) atoms. The third kappa shape index (κ3) is 6.53. The Kier molecular flexibility index (Phi) is 7.12. The number of carbonyl (C=O) groups excluding carboxylic acids is 1. The number of carbonyl (C=O) groups is 1. The predicted molar refractivity (Wildman–Crippen MR) is 104 cm³/mol. The van der Waals surface area contributed by atoms with Crippen molar-refractivity contribution in [1.82, 2.24) is 5.32 Å². The van der Waals surface area contributed by atoms with E-state index in [1.165, 1.54) is 18.3 Å². The summed E-state index contributed by atoms with van der Waals surface area (Å²) in [6.07, 6.45) is 2.06. The number of rotatable bonds is 7. The fraction of sp³-hybridized carbons (Fsp3) is 0.111. The molecule has 0 aromatic heterocycles. The minimum Gasteiger partial charge on any atom is -0.389 e. The van der Waals surface area contributed by atoms with Crippen LogP contribution in [0.15, 0.2) is 69.7 Å². The number of nitrogens with zero attached hydrogens (tertiary/aromatic N) is 1. The van der Waals surface area contributed by atoms with Gasteiger partial charge in [0.05, 0.1) is 4.90 Å². The number of anilines is 1. The average Bonchev–Trinajstić information content (AvgIpc) is 2.63. The van der Waals surface area contributed by atoms with E-state index in [1.807, 2.05) is 30.3 Å². The van der Waals surface area contributed by atoms with Crippen molar-refractivity contribution in [1.29, 1.82) is 5.26 Å². The first-order valence-electron chi connectivity index (χ1n) is 7.76. The van der Waals surface area contributed by atoms with E-state index in [2.05, 4.69) is 26.6 Å². The van der Waals surface area contributed by atoms with Crippen LogP contribution in [0.1, 0.15) is 5.56 Å². The lowest BCUT2D eigenvalue weighted by atomic mass is 10.1. The maximum absolute atomic E-state index is 12.1. The highest BCUT2D eigenvalue weighted by atomic mass is 79.9. The lowest BCUT2D eigenvalue weighted by molar-refractivity contribution is -0.112. The molecule has 0 aliphatic heterocycles. The molecule has 2 aromatic rings. The fourth-order valence-electron chi connectivity index (χ4n) is 2.10. The van der Waals surface area contributed by atoms with Crippen molar-refractivity contribution >= 4 is 37.6 Å². The number of hydrogen-bond acceptors (Lipinski definition) is 5. The molecule has 0 spiro atoms. The maximum Gasteiger partial charge on any atom is 0.294 e. The summed E-state index contributed by atoms with van der Waals surface area (Å²) in [5.74, 6) is -0.631. The predicted octanol–water partition coefficient (Wildman–Crippen LogP) is 2.87. The molecule has 0 heterocycles. The van der Waals surface area contributed by atoms with Crippen molar-refractivity contribution in [3.63, 3.8) is 0 Å². The quantitative estimate of drug-likeness (QED) is 0.258. The van der Waals surface area contributed by atoms with Crippen molar-refractivity contribution in [3.8, 4) is 6.07 Å². The number of nitriles is 1. The normalized spacial score (nSPS) is 11.5. The zero-order valence-electron chi connectivity index (χ0n) is 14.0. The van der Waals surface area contributed by atoms with E-state index in [4.69, 9.17) is 9.81 Å². The van der Waals surface area contributed by atoms with Gasteiger partial charge in [-0.05, 0) is 48.4 Å². The van der Waals surface area contributed by atoms with Gasteiger partial charge in [0.2, 0.25) is 0 Å². The second-order valence-electron chi connectivity index (χ2n) is 5.45. The largest absolute Gasteiger partial charge is 0.389 e. The summed E-state index contributed by atoms with van der Waals surface area (Å²) < 4.78 is 31.9. The Hall–Kier alpha value is -2.67. The van der Waals surface area contributed by atoms with E-state index in [0.29, 0.717) is 12.2 Å². The maximum atomic E-state index is 12.1. The number of nitrogens with one attached hydrogen (secondary N) is 2. The van der Waals surface area contributed by atoms with Gasteiger partial charge in [-0.2, -0.15) is 13.7 Å². The van der Waals surface area contributed by atoms with E-state index in [1.54, 1.807) is 0 Å². The molecule has 0 bridgehead atoms. The molecule has 2 aromatic carbocycles. The van der Waals surface area contributed by atoms with Crippen LogP contribution in [0, 0.1) is 11.3 Å². The summed E-state index contributed by atoms with van der Waals surface area (Å²) in [7, 11) is -4.30. The van der Waals surface area contributed by atoms with Gasteiger partial charge in [-0.25, -0.2) is 0 Å². The number of halogens is 1. The highest BCUT2D eigenvalue weighted by Crippen LogP contribution is 2.14. The molecule has 0 saturated heterocycles. The molecule has 0 aliphatic carbocycles. The molecule has 0 radical (unpaired) electrons. The monoisotopic (exact) mass is 449 g/mol. The van der Waals surface area contributed by atoms with Crippen LogP contribution in [-0.4, -0.2) is 25.4 Å². The van der Waals surface area contributed by atoms with Crippen LogP contribution < -0.4 is 10.6 Å². The summed E-state index contributed by atoms with van der Waals surface area (Å²) >= 11 is 3.36. The van der Waals surface area contributed by atoms with Gasteiger partial charge in [0.15, 0.2) is 0 Å². The van der Waals surface area contributed by atoms with E-state index < -0.39 is 16.0 Å². The molecule has 1 amide bonds. The Balaban J connectivity index is 1.91. The third-order valence-electron chi connectivity index (χ3n) is 3.49. The van der Waals surface area contributed by atoms with Gasteiger partial charge in [-0.3, -0.25) is 9.35 Å². The molecule has 140 valence electrons. The number of benzene rings is 2. The van der Waals surface area contributed by atoms with Crippen LogP contribution in [0.5, 0.6) is 0 Å². The molecular formula is C18H16BrN3O4S. The summed E-state index contributed by atoms with van der Waals surface area (Å²) in [5.41, 5.74) is 1.29. The minimum absolute atomic E-state index is 0.121. The summed E-state index contributed by atoms with van der Waals surface area (Å²) in [6, 6.07) is 14.6. The van der Waals surface area contributed by atoms with Crippen LogP contribution >= 0.6 is 15.9 Å². The van der Waals surface area contributed by atoms with Crippen molar-refractivity contribution in [2.45, 2.75) is 11.3 Å². The number of hydrogen-bond donors (Lipinski definition) is 3. The molecule has 9 heteroatoms. The summed E-state index contributed by atoms with van der Waals surface area (Å²) in [4.78, 5) is 11.8. The Labute approximate surface area is 165 Å². The topological polar surface area (TPSA) is 119 Å². The zero-order chi connectivity index (χ0) is 19.9. The molecule has 0 aliphatic rings. The van der Waals surface area contributed by atoms with Gasteiger partial charge in [-0.1, -0.05) is 28.1 Å². The highest BCUT2D eigenvalue weighted by Gasteiger charge is 2.11. The Bertz CT molecular complexity index is 979. The van der Waals surface area contributed by atoms with Gasteiger partial charge < -0.3 is 10.6 Å². The summed E-state index contributed by atoms with van der Waals surface area (Å²) in [6.45, 7) is 0.545. The molecule has 2 rings (SSSR count). The Morgan fingerprint density at radius 3 is 2.33 bits per heavy atom. The average molecular weight is 450 g/mol. The van der Waals surface area contributed by atoms with Crippen molar-refractivity contribution in [3.05, 3.63) is 70.3 Å². The highest BCUT2D eigenvalue weighted by molar-refractivity contribution is 9.10. The van der Waals surface area contributed by atoms with Crippen LogP contribution in [-0.2, 0) is 21.3 Å². The second-order valence-corrected chi connectivity index (χ2v) is 7.79. The van der Waals surface area contributed by atoms with Crippen LogP contribution in [0.2, 0.25) is 0 Å². The first-order valence-corrected chi connectivity index (χ1v) is 10.00. The van der Waals surface area contributed by atoms with E-state index >= 15 is 0 Å². The van der Waals surface area contributed by atoms with E-state index in [9.17, 15) is 13.2 Å². The lowest BCUT2D eigenvalue weighted by Gasteiger charge is -2.06. The Morgan fingerprint density at radius 1 is 1.15 bits per heavy atom. The smallest absolute Gasteiger partial charge is 0.294 e. The summed E-state index contributed by atoms with van der Waals surface area (Å²) in [5, 5.41) is 14.5. The SMILES string of the molecule is N#C/C(=C/NCCc1ccc(Br)cc1)C(=O)Nc1ccc(S(=O)(=O)O)cc1. The van der Waals surface area contributed by atoms with Crippen LogP contribution in [0.3, 0.4) is 0 Å². The standard InChI is InChI=1S/C18H16BrN3O4S/c19-15-3-1-13(2-4-15)9-10-21-12-14(11-20)18(23)22-16-5-7-17(8-6-16)27(24,25)26/h1-8,12,21H,9-10H2,(H,22,23)(H,24,25,26)/b14-12-. The minimum atomic E-state index is -4.30. The van der Waals surface area contributed by atoms with Gasteiger partial charge in [-0.15, -0.1) is 0 Å². The third-order valence-corrected chi connectivity index (χ3v) is 4.89. The van der Waals surface area contributed by atoms with Crippen molar-refractivity contribution in [2.24, 2.45) is 0 Å². The molecule has 3 N–H and O–H groups in total. The number of amides is 1. The van der Waals surface area contributed by atoms with Gasteiger partial charge >= 0.3 is 0 Å². The first kappa shape index (κ1) is 20.6. The van der Waals surface area contributed by atoms with Gasteiger partial charge in [0.25, 0.3) is 16.0 Å². The van der Waals surface area contributed by atoms with E-state index in [0.717, 1.165) is 28.6 Å². The zero-order valence-corrected chi connectivity index (χ0v) is 16.4. The van der Waals surface area contributed by atoms with Gasteiger partial charge in [0, 0.05) is 22.9 Å². The van der Waals surface area contributed by atoms with Crippen LogP contribution in [0.25, 0.3) is 0 Å². The van der Waals surface area contributed by atoms with Gasteiger partial charge in [0.1, 0.15) is 11.6 Å². The second kappa shape index (κ2) is 9.32. The first-order chi connectivity index (χ1) is 12.8.